The van der Waals surface area contributed by atoms with E-state index in [2.05, 4.69) is 56.9 Å². The lowest BCUT2D eigenvalue weighted by Crippen LogP contribution is -2.41. The van der Waals surface area contributed by atoms with E-state index in [9.17, 15) is 4.79 Å². The van der Waals surface area contributed by atoms with Crippen molar-refractivity contribution < 1.29 is 19.0 Å². The Kier molecular flexibility index (Phi) is 7.22. The molecule has 8 heteroatoms. The molecule has 3 heterocycles. The van der Waals surface area contributed by atoms with Crippen LogP contribution in [0.1, 0.15) is 22.0 Å². The number of morpholine rings is 1. The number of nitrogens with zero attached hydrogens (tertiary/aromatic N) is 2. The molecular formula is C27H31N3O4S. The molecule has 2 aliphatic rings. The second-order valence-electron chi connectivity index (χ2n) is 8.74. The van der Waals surface area contributed by atoms with Crippen molar-refractivity contribution in [2.75, 3.05) is 63.8 Å². The highest BCUT2D eigenvalue weighted by molar-refractivity contribution is 7.10. The molecule has 0 saturated carbocycles. The van der Waals surface area contributed by atoms with Gasteiger partial charge in [-0.1, -0.05) is 6.07 Å². The summed E-state index contributed by atoms with van der Waals surface area (Å²) in [4.78, 5) is 18.9. The lowest BCUT2D eigenvalue weighted by molar-refractivity contribution is -0.117. The van der Waals surface area contributed by atoms with Crippen LogP contribution in [0.15, 0.2) is 53.9 Å². The number of benzene rings is 2. The zero-order valence-electron chi connectivity index (χ0n) is 20.2. The summed E-state index contributed by atoms with van der Waals surface area (Å²) in [6, 6.07) is 16.4. The summed E-state index contributed by atoms with van der Waals surface area (Å²) in [6.07, 6.45) is 0.846. The number of hydrogen-bond donors (Lipinski definition) is 1. The number of carbonyl (C=O) groups is 1. The van der Waals surface area contributed by atoms with E-state index in [1.165, 1.54) is 16.0 Å². The van der Waals surface area contributed by atoms with Crippen LogP contribution in [0.2, 0.25) is 0 Å². The Bertz CT molecular complexity index is 1140. The summed E-state index contributed by atoms with van der Waals surface area (Å²) in [5.74, 6) is 1.43. The molecule has 1 aromatic heterocycles. The van der Waals surface area contributed by atoms with Gasteiger partial charge in [0.2, 0.25) is 5.91 Å². The standard InChI is InChI=1S/C27H31N3O4S/c1-32-23-16-19-9-10-30(27(25-4-3-15-35-25)22(19)17-24(23)33-2)18-26(31)28-20-5-7-21(8-6-20)29-11-13-34-14-12-29/h3-8,15-17,27H,9-14,18H2,1-2H3,(H,28,31)/t27-/m0/s1. The zero-order chi connectivity index (χ0) is 24.2. The first kappa shape index (κ1) is 23.7. The van der Waals surface area contributed by atoms with Crippen molar-refractivity contribution in [3.63, 3.8) is 0 Å². The number of anilines is 2. The molecule has 7 nitrogen and oxygen atoms in total. The van der Waals surface area contributed by atoms with Crippen molar-refractivity contribution in [2.45, 2.75) is 12.5 Å². The fraction of sp³-hybridized carbons (Fsp3) is 0.370. The number of fused-ring (bicyclic) bond motifs is 1. The van der Waals surface area contributed by atoms with Crippen LogP contribution in [0.4, 0.5) is 11.4 Å². The third kappa shape index (κ3) is 5.15. The second kappa shape index (κ2) is 10.7. The van der Waals surface area contributed by atoms with E-state index in [1.807, 2.05) is 12.1 Å². The first-order chi connectivity index (χ1) is 17.2. The summed E-state index contributed by atoms with van der Waals surface area (Å²) in [6.45, 7) is 4.38. The van der Waals surface area contributed by atoms with Gasteiger partial charge >= 0.3 is 0 Å². The summed E-state index contributed by atoms with van der Waals surface area (Å²) >= 11 is 1.71. The molecule has 1 amide bonds. The molecule has 0 spiro atoms. The highest BCUT2D eigenvalue weighted by Gasteiger charge is 2.32. The zero-order valence-corrected chi connectivity index (χ0v) is 21.0. The fourth-order valence-electron chi connectivity index (χ4n) is 4.91. The van der Waals surface area contributed by atoms with Gasteiger partial charge < -0.3 is 24.4 Å². The van der Waals surface area contributed by atoms with Gasteiger partial charge in [0.15, 0.2) is 11.5 Å². The maximum atomic E-state index is 13.1. The van der Waals surface area contributed by atoms with Crippen LogP contribution in [0.5, 0.6) is 11.5 Å². The lowest BCUT2D eigenvalue weighted by Gasteiger charge is -2.37. The Balaban J connectivity index is 1.32. The molecule has 0 aliphatic carbocycles. The van der Waals surface area contributed by atoms with Gasteiger partial charge in [0.25, 0.3) is 0 Å². The predicted molar refractivity (Wildman–Crippen MR) is 139 cm³/mol. The number of rotatable bonds is 7. The molecule has 0 bridgehead atoms. The Labute approximate surface area is 210 Å². The predicted octanol–water partition coefficient (Wildman–Crippen LogP) is 4.19. The molecule has 5 rings (SSSR count). The molecule has 1 fully saturated rings. The van der Waals surface area contributed by atoms with Crippen molar-refractivity contribution in [1.82, 2.24) is 4.90 Å². The molecule has 35 heavy (non-hydrogen) atoms. The van der Waals surface area contributed by atoms with Crippen LogP contribution >= 0.6 is 11.3 Å². The Hall–Kier alpha value is -3.07. The largest absolute Gasteiger partial charge is 0.493 e. The number of methoxy groups -OCH3 is 2. The third-order valence-corrected chi connectivity index (χ3v) is 7.58. The quantitative estimate of drug-likeness (QED) is 0.533. The Morgan fingerprint density at radius 2 is 1.80 bits per heavy atom. The van der Waals surface area contributed by atoms with Gasteiger partial charge in [-0.25, -0.2) is 0 Å². The SMILES string of the molecule is COc1cc2c(cc1OC)[C@@H](c1cccs1)N(CC(=O)Nc1ccc(N3CCOCC3)cc1)CC2. The van der Waals surface area contributed by atoms with Crippen LogP contribution in [0, 0.1) is 0 Å². The topological polar surface area (TPSA) is 63.3 Å². The average Bonchev–Trinajstić information content (AvgIpc) is 3.43. The van der Waals surface area contributed by atoms with E-state index < -0.39 is 0 Å². The molecular weight excluding hydrogens is 462 g/mol. The van der Waals surface area contributed by atoms with Crippen LogP contribution in [-0.2, 0) is 16.0 Å². The molecule has 3 aromatic rings. The van der Waals surface area contributed by atoms with Gasteiger partial charge in [-0.05, 0) is 65.4 Å². The number of ether oxygens (including phenoxy) is 3. The minimum Gasteiger partial charge on any atom is -0.493 e. The van der Waals surface area contributed by atoms with E-state index in [0.29, 0.717) is 12.3 Å². The molecule has 2 aromatic carbocycles. The number of nitrogens with one attached hydrogen (secondary N) is 1. The third-order valence-electron chi connectivity index (χ3n) is 6.66. The average molecular weight is 494 g/mol. The number of carbonyl (C=O) groups excluding carboxylic acids is 1. The summed E-state index contributed by atoms with van der Waals surface area (Å²) in [7, 11) is 3.32. The summed E-state index contributed by atoms with van der Waals surface area (Å²) < 4.78 is 16.5. The van der Waals surface area contributed by atoms with Crippen LogP contribution in [-0.4, -0.2) is 64.4 Å². The molecule has 0 unspecified atom stereocenters. The van der Waals surface area contributed by atoms with E-state index in [-0.39, 0.29) is 11.9 Å². The Morgan fingerprint density at radius 1 is 1.06 bits per heavy atom. The van der Waals surface area contributed by atoms with Crippen molar-refractivity contribution in [3.05, 3.63) is 69.9 Å². The van der Waals surface area contributed by atoms with E-state index in [4.69, 9.17) is 14.2 Å². The smallest absolute Gasteiger partial charge is 0.238 e. The highest BCUT2D eigenvalue weighted by atomic mass is 32.1. The van der Waals surface area contributed by atoms with Gasteiger partial charge in [0, 0.05) is 35.9 Å². The van der Waals surface area contributed by atoms with Crippen molar-refractivity contribution >= 4 is 28.6 Å². The number of thiophene rings is 1. The van der Waals surface area contributed by atoms with Gasteiger partial charge in [-0.2, -0.15) is 0 Å². The second-order valence-corrected chi connectivity index (χ2v) is 9.72. The van der Waals surface area contributed by atoms with E-state index >= 15 is 0 Å². The maximum Gasteiger partial charge on any atom is 0.238 e. The van der Waals surface area contributed by atoms with Crippen LogP contribution in [0.3, 0.4) is 0 Å². The molecule has 1 atom stereocenters. The molecule has 2 aliphatic heterocycles. The monoisotopic (exact) mass is 493 g/mol. The summed E-state index contributed by atoms with van der Waals surface area (Å²) in [5.41, 5.74) is 4.36. The van der Waals surface area contributed by atoms with Gasteiger partial charge in [-0.3, -0.25) is 9.69 Å². The minimum absolute atomic E-state index is 0.00648. The van der Waals surface area contributed by atoms with Gasteiger partial charge in [0.1, 0.15) is 0 Å². The van der Waals surface area contributed by atoms with Gasteiger partial charge in [0.05, 0.1) is 40.0 Å². The number of amides is 1. The summed E-state index contributed by atoms with van der Waals surface area (Å²) in [5, 5.41) is 5.17. The fourth-order valence-corrected chi connectivity index (χ4v) is 5.79. The van der Waals surface area contributed by atoms with Crippen molar-refractivity contribution in [1.29, 1.82) is 0 Å². The number of hydrogen-bond acceptors (Lipinski definition) is 7. The minimum atomic E-state index is -0.0189. The van der Waals surface area contributed by atoms with E-state index in [0.717, 1.165) is 56.4 Å². The van der Waals surface area contributed by atoms with E-state index in [1.54, 1.807) is 25.6 Å². The first-order valence-corrected chi connectivity index (χ1v) is 12.8. The maximum absolute atomic E-state index is 13.1. The Morgan fingerprint density at radius 3 is 2.49 bits per heavy atom. The normalized spacial score (nSPS) is 18.1. The van der Waals surface area contributed by atoms with Crippen LogP contribution in [0.25, 0.3) is 0 Å². The van der Waals surface area contributed by atoms with Crippen molar-refractivity contribution in [2.24, 2.45) is 0 Å². The lowest BCUT2D eigenvalue weighted by atomic mass is 9.91. The molecule has 1 N–H and O–H groups in total. The molecule has 184 valence electrons. The van der Waals surface area contributed by atoms with Gasteiger partial charge in [-0.15, -0.1) is 11.3 Å². The van der Waals surface area contributed by atoms with Crippen molar-refractivity contribution in [3.8, 4) is 11.5 Å². The molecule has 1 saturated heterocycles. The molecule has 0 radical (unpaired) electrons. The first-order valence-electron chi connectivity index (χ1n) is 11.9. The highest BCUT2D eigenvalue weighted by Crippen LogP contribution is 2.42. The van der Waals surface area contributed by atoms with Crippen LogP contribution < -0.4 is 19.7 Å².